The third-order valence-electron chi connectivity index (χ3n) is 2.90. The Labute approximate surface area is 126 Å². The van der Waals surface area contributed by atoms with E-state index in [-0.39, 0.29) is 17.8 Å². The zero-order chi connectivity index (χ0) is 15.6. The van der Waals surface area contributed by atoms with Crippen molar-refractivity contribution in [3.8, 4) is 0 Å². The predicted molar refractivity (Wildman–Crippen MR) is 73.6 cm³/mol. The molecule has 0 radical (unpaired) electrons. The summed E-state index contributed by atoms with van der Waals surface area (Å²) in [6.45, 7) is 0. The summed E-state index contributed by atoms with van der Waals surface area (Å²) in [5.74, 6) is -0.774. The molecule has 0 aliphatic rings. The maximum atomic E-state index is 12.9. The quantitative estimate of drug-likeness (QED) is 0.554. The van der Waals surface area contributed by atoms with Gasteiger partial charge in [-0.15, -0.1) is 0 Å². The molecule has 0 N–H and O–H groups in total. The van der Waals surface area contributed by atoms with Crippen molar-refractivity contribution in [2.75, 3.05) is 0 Å². The molecule has 2 aromatic rings. The molecule has 0 atom stereocenters. The van der Waals surface area contributed by atoms with E-state index in [1.807, 2.05) is 0 Å². The minimum atomic E-state index is -4.43. The largest absolute Gasteiger partial charge is 0.416 e. The van der Waals surface area contributed by atoms with Crippen LogP contribution in [-0.4, -0.2) is 5.78 Å². The van der Waals surface area contributed by atoms with Gasteiger partial charge in [-0.25, -0.2) is 4.39 Å². The molecule has 0 spiro atoms. The van der Waals surface area contributed by atoms with Crippen molar-refractivity contribution in [2.24, 2.45) is 0 Å². The van der Waals surface area contributed by atoms with E-state index in [1.54, 1.807) is 0 Å². The maximum absolute atomic E-state index is 12.9. The topological polar surface area (TPSA) is 17.1 Å². The highest BCUT2D eigenvalue weighted by molar-refractivity contribution is 9.10. The fourth-order valence-corrected chi connectivity index (χ4v) is 2.28. The van der Waals surface area contributed by atoms with E-state index < -0.39 is 17.6 Å². The molecule has 110 valence electrons. The monoisotopic (exact) mass is 360 g/mol. The van der Waals surface area contributed by atoms with Gasteiger partial charge in [0.05, 0.1) is 5.56 Å². The minimum absolute atomic E-state index is 0.0216. The van der Waals surface area contributed by atoms with Gasteiger partial charge in [-0.1, -0.05) is 34.1 Å². The van der Waals surface area contributed by atoms with Crippen molar-refractivity contribution in [3.05, 3.63) is 69.4 Å². The molecule has 0 heterocycles. The van der Waals surface area contributed by atoms with Crippen LogP contribution in [0.3, 0.4) is 0 Å². The Morgan fingerprint density at radius 1 is 1.05 bits per heavy atom. The lowest BCUT2D eigenvalue weighted by Crippen LogP contribution is -2.07. The molecule has 0 aliphatic heterocycles. The van der Waals surface area contributed by atoms with Gasteiger partial charge in [-0.2, -0.15) is 13.2 Å². The van der Waals surface area contributed by atoms with Crippen LogP contribution in [0.1, 0.15) is 21.5 Å². The summed E-state index contributed by atoms with van der Waals surface area (Å²) in [5.41, 5.74) is -0.0532. The number of hydrogen-bond donors (Lipinski definition) is 0. The smallest absolute Gasteiger partial charge is 0.294 e. The number of carbonyl (C=O) groups excluding carboxylic acids is 1. The first kappa shape index (κ1) is 15.7. The highest BCUT2D eigenvalue weighted by Crippen LogP contribution is 2.29. The number of carbonyl (C=O) groups is 1. The van der Waals surface area contributed by atoms with Crippen LogP contribution in [0.25, 0.3) is 0 Å². The second-order valence-electron chi connectivity index (χ2n) is 4.41. The predicted octanol–water partition coefficient (Wildman–Crippen LogP) is 5.03. The molecule has 0 unspecified atom stereocenters. The van der Waals surface area contributed by atoms with Crippen molar-refractivity contribution in [3.63, 3.8) is 0 Å². The van der Waals surface area contributed by atoms with Crippen molar-refractivity contribution >= 4 is 21.7 Å². The van der Waals surface area contributed by atoms with Crippen LogP contribution < -0.4 is 0 Å². The van der Waals surface area contributed by atoms with Gasteiger partial charge in [0.1, 0.15) is 5.82 Å². The van der Waals surface area contributed by atoms with E-state index >= 15 is 0 Å². The van der Waals surface area contributed by atoms with E-state index in [2.05, 4.69) is 15.9 Å². The van der Waals surface area contributed by atoms with Gasteiger partial charge < -0.3 is 0 Å². The Bertz CT molecular complexity index is 662. The summed E-state index contributed by atoms with van der Waals surface area (Å²) in [7, 11) is 0. The van der Waals surface area contributed by atoms with Gasteiger partial charge in [-0.3, -0.25) is 4.79 Å². The Morgan fingerprint density at radius 3 is 2.19 bits per heavy atom. The molecular formula is C15H9BrF4O. The summed E-state index contributed by atoms with van der Waals surface area (Å²) in [4.78, 5) is 12.0. The van der Waals surface area contributed by atoms with Gasteiger partial charge in [0.15, 0.2) is 5.78 Å². The molecule has 6 heteroatoms. The average molecular weight is 361 g/mol. The highest BCUT2D eigenvalue weighted by atomic mass is 79.9. The van der Waals surface area contributed by atoms with E-state index in [0.717, 1.165) is 24.3 Å². The van der Waals surface area contributed by atoms with Crippen LogP contribution in [0.4, 0.5) is 17.6 Å². The van der Waals surface area contributed by atoms with Crippen molar-refractivity contribution in [2.45, 2.75) is 12.6 Å². The van der Waals surface area contributed by atoms with E-state index in [0.29, 0.717) is 10.0 Å². The standard InChI is InChI=1S/C15H9BrF4O/c16-13-8-12(17)6-3-10(13)7-14(21)9-1-4-11(5-2-9)15(18,19)20/h1-6,8H,7H2. The molecule has 0 saturated carbocycles. The third-order valence-corrected chi connectivity index (χ3v) is 3.64. The molecule has 2 rings (SSSR count). The fourth-order valence-electron chi connectivity index (χ4n) is 1.79. The fraction of sp³-hybridized carbons (Fsp3) is 0.133. The third kappa shape index (κ3) is 3.91. The summed E-state index contributed by atoms with van der Waals surface area (Å²) in [6, 6.07) is 7.93. The Hall–Kier alpha value is -1.69. The minimum Gasteiger partial charge on any atom is -0.294 e. The second-order valence-corrected chi connectivity index (χ2v) is 5.27. The zero-order valence-electron chi connectivity index (χ0n) is 10.5. The normalized spacial score (nSPS) is 11.5. The maximum Gasteiger partial charge on any atom is 0.416 e. The molecule has 0 saturated heterocycles. The van der Waals surface area contributed by atoms with Crippen LogP contribution >= 0.6 is 15.9 Å². The first-order valence-corrected chi connectivity index (χ1v) is 6.71. The van der Waals surface area contributed by atoms with Gasteiger partial charge in [0.2, 0.25) is 0 Å². The van der Waals surface area contributed by atoms with Gasteiger partial charge >= 0.3 is 6.18 Å². The molecule has 0 fully saturated rings. The molecule has 0 aromatic heterocycles. The van der Waals surface area contributed by atoms with Crippen molar-refractivity contribution in [1.29, 1.82) is 0 Å². The summed E-state index contributed by atoms with van der Waals surface area (Å²) < 4.78 is 50.7. The molecule has 1 nitrogen and oxygen atoms in total. The SMILES string of the molecule is O=C(Cc1ccc(F)cc1Br)c1ccc(C(F)(F)F)cc1. The lowest BCUT2D eigenvalue weighted by Gasteiger charge is -2.08. The second kappa shape index (κ2) is 5.97. The number of ketones is 1. The number of Topliss-reactive ketones (excluding diaryl/α,β-unsaturated/α-hetero) is 1. The molecule has 0 aliphatic carbocycles. The number of hydrogen-bond acceptors (Lipinski definition) is 1. The van der Waals surface area contributed by atoms with Crippen LogP contribution in [0.15, 0.2) is 46.9 Å². The highest BCUT2D eigenvalue weighted by Gasteiger charge is 2.30. The van der Waals surface area contributed by atoms with E-state index in [4.69, 9.17) is 0 Å². The lowest BCUT2D eigenvalue weighted by atomic mass is 10.0. The van der Waals surface area contributed by atoms with E-state index in [1.165, 1.54) is 18.2 Å². The number of halogens is 5. The summed E-state index contributed by atoms with van der Waals surface area (Å²) in [5, 5.41) is 0. The number of benzene rings is 2. The van der Waals surface area contributed by atoms with Gasteiger partial charge in [0.25, 0.3) is 0 Å². The summed E-state index contributed by atoms with van der Waals surface area (Å²) in [6.07, 6.45) is -4.45. The molecular weight excluding hydrogens is 352 g/mol. The van der Waals surface area contributed by atoms with Crippen LogP contribution in [0.5, 0.6) is 0 Å². The number of rotatable bonds is 3. The van der Waals surface area contributed by atoms with Crippen molar-refractivity contribution in [1.82, 2.24) is 0 Å². The molecule has 21 heavy (non-hydrogen) atoms. The number of alkyl halides is 3. The first-order chi connectivity index (χ1) is 9.77. The van der Waals surface area contributed by atoms with Crippen molar-refractivity contribution < 1.29 is 22.4 Å². The average Bonchev–Trinajstić information content (AvgIpc) is 2.41. The van der Waals surface area contributed by atoms with Gasteiger partial charge in [0, 0.05) is 16.5 Å². The summed E-state index contributed by atoms with van der Waals surface area (Å²) >= 11 is 3.14. The molecule has 0 bridgehead atoms. The Balaban J connectivity index is 2.17. The van der Waals surface area contributed by atoms with Crippen LogP contribution in [0, 0.1) is 5.82 Å². The van der Waals surface area contributed by atoms with Crippen LogP contribution in [-0.2, 0) is 12.6 Å². The Kier molecular flexibility index (Phi) is 4.46. The first-order valence-electron chi connectivity index (χ1n) is 5.92. The molecule has 0 amide bonds. The zero-order valence-corrected chi connectivity index (χ0v) is 12.1. The van der Waals surface area contributed by atoms with E-state index in [9.17, 15) is 22.4 Å². The Morgan fingerprint density at radius 2 is 1.67 bits per heavy atom. The van der Waals surface area contributed by atoms with Gasteiger partial charge in [-0.05, 0) is 29.8 Å². The van der Waals surface area contributed by atoms with Crippen LogP contribution in [0.2, 0.25) is 0 Å². The lowest BCUT2D eigenvalue weighted by molar-refractivity contribution is -0.137. The molecule has 2 aromatic carbocycles.